The lowest BCUT2D eigenvalue weighted by atomic mass is 9.75. The van der Waals surface area contributed by atoms with E-state index in [1.54, 1.807) is 17.0 Å². The number of ether oxygens (including phenoxy) is 1. The number of fused-ring (bicyclic) bond motifs is 1. The summed E-state index contributed by atoms with van der Waals surface area (Å²) in [6, 6.07) is 8.03. The van der Waals surface area contributed by atoms with Crippen molar-refractivity contribution in [3.63, 3.8) is 0 Å². The topological polar surface area (TPSA) is 66.8 Å². The maximum absolute atomic E-state index is 13.2. The monoisotopic (exact) mass is 461 g/mol. The van der Waals surface area contributed by atoms with Gasteiger partial charge in [0.2, 0.25) is 5.91 Å². The fraction of sp³-hybridized carbons (Fsp3) is 0.440. The number of carbonyl (C=O) groups is 2. The second kappa shape index (κ2) is 7.78. The van der Waals surface area contributed by atoms with Gasteiger partial charge in [0.15, 0.2) is 0 Å². The maximum atomic E-state index is 13.2. The zero-order chi connectivity index (χ0) is 24.3. The first-order chi connectivity index (χ1) is 15.3. The summed E-state index contributed by atoms with van der Waals surface area (Å²) in [7, 11) is 0. The molecule has 33 heavy (non-hydrogen) atoms. The molecule has 5 nitrogen and oxygen atoms in total. The summed E-state index contributed by atoms with van der Waals surface area (Å²) in [6.45, 7) is 8.08. The molecule has 1 aliphatic heterocycles. The first-order valence-corrected chi connectivity index (χ1v) is 10.9. The van der Waals surface area contributed by atoms with Gasteiger partial charge in [0.1, 0.15) is 5.75 Å². The van der Waals surface area contributed by atoms with Crippen LogP contribution in [0, 0.1) is 12.8 Å². The van der Waals surface area contributed by atoms with Gasteiger partial charge in [0.25, 0.3) is 0 Å². The summed E-state index contributed by atoms with van der Waals surface area (Å²) < 4.78 is 43.8. The van der Waals surface area contributed by atoms with Crippen LogP contribution in [0.4, 0.5) is 18.9 Å². The van der Waals surface area contributed by atoms with Crippen molar-refractivity contribution in [1.82, 2.24) is 0 Å². The van der Waals surface area contributed by atoms with Crippen molar-refractivity contribution in [3.8, 4) is 16.9 Å². The van der Waals surface area contributed by atoms with Crippen molar-refractivity contribution in [2.75, 3.05) is 11.4 Å². The summed E-state index contributed by atoms with van der Waals surface area (Å²) in [5, 5.41) is 9.27. The Morgan fingerprint density at radius 2 is 1.91 bits per heavy atom. The van der Waals surface area contributed by atoms with Crippen molar-refractivity contribution in [2.45, 2.75) is 58.2 Å². The number of hydrogen-bond donors (Lipinski definition) is 1. The number of aryl methyl sites for hydroxylation is 1. The lowest BCUT2D eigenvalue weighted by Gasteiger charge is -2.39. The van der Waals surface area contributed by atoms with Gasteiger partial charge in [0, 0.05) is 29.6 Å². The van der Waals surface area contributed by atoms with E-state index in [0.717, 1.165) is 11.1 Å². The minimum Gasteiger partial charge on any atom is -0.481 e. The largest absolute Gasteiger partial charge is 0.573 e. The van der Waals surface area contributed by atoms with Gasteiger partial charge in [-0.15, -0.1) is 13.2 Å². The van der Waals surface area contributed by atoms with E-state index in [2.05, 4.69) is 4.74 Å². The molecular formula is C25H26F3NO4. The minimum atomic E-state index is -4.88. The normalized spacial score (nSPS) is 21.5. The number of benzene rings is 2. The molecule has 0 unspecified atom stereocenters. The van der Waals surface area contributed by atoms with Crippen LogP contribution in [0.2, 0.25) is 0 Å². The first-order valence-electron chi connectivity index (χ1n) is 10.9. The number of anilines is 1. The number of hydrogen-bond acceptors (Lipinski definition) is 3. The van der Waals surface area contributed by atoms with Gasteiger partial charge in [-0.25, -0.2) is 0 Å². The summed E-state index contributed by atoms with van der Waals surface area (Å²) >= 11 is 0. The molecule has 1 saturated carbocycles. The van der Waals surface area contributed by atoms with Gasteiger partial charge in [-0.3, -0.25) is 9.59 Å². The molecule has 2 aliphatic rings. The predicted molar refractivity (Wildman–Crippen MR) is 117 cm³/mol. The third kappa shape index (κ3) is 4.30. The van der Waals surface area contributed by atoms with Crippen molar-refractivity contribution in [1.29, 1.82) is 0 Å². The van der Waals surface area contributed by atoms with E-state index in [0.29, 0.717) is 36.2 Å². The van der Waals surface area contributed by atoms with E-state index in [1.165, 1.54) is 12.1 Å². The lowest BCUT2D eigenvalue weighted by molar-refractivity contribution is -0.274. The van der Waals surface area contributed by atoms with Crippen LogP contribution >= 0.6 is 0 Å². The summed E-state index contributed by atoms with van der Waals surface area (Å²) in [5.41, 5.74) is 3.40. The van der Waals surface area contributed by atoms with Crippen LogP contribution in [0.15, 0.2) is 30.3 Å². The average Bonchev–Trinajstić information content (AvgIpc) is 3.48. The number of amides is 1. The van der Waals surface area contributed by atoms with Crippen LogP contribution in [0.1, 0.15) is 56.2 Å². The molecule has 1 heterocycles. The van der Waals surface area contributed by atoms with Crippen molar-refractivity contribution in [2.24, 2.45) is 5.92 Å². The molecule has 0 spiro atoms. The Balaban J connectivity index is 1.89. The van der Waals surface area contributed by atoms with Crippen LogP contribution < -0.4 is 9.64 Å². The Kier molecular flexibility index (Phi) is 5.46. The smallest absolute Gasteiger partial charge is 0.481 e. The SMILES string of the molecule is CCN1C(=O)CC(C)(C)c2cc(C)c(-c3cc([C@H]4C[C@@H]4C(=O)O)ccc3OC(F)(F)F)cc21. The number of nitrogens with zero attached hydrogens (tertiary/aromatic N) is 1. The van der Waals surface area contributed by atoms with Crippen LogP contribution in [0.3, 0.4) is 0 Å². The van der Waals surface area contributed by atoms with Crippen molar-refractivity contribution >= 4 is 17.6 Å². The summed E-state index contributed by atoms with van der Waals surface area (Å²) in [6.07, 6.45) is -4.08. The minimum absolute atomic E-state index is 0.0346. The molecule has 0 bridgehead atoms. The van der Waals surface area contributed by atoms with Gasteiger partial charge in [-0.1, -0.05) is 26.0 Å². The lowest BCUT2D eigenvalue weighted by Crippen LogP contribution is -2.41. The molecule has 1 aliphatic carbocycles. The molecule has 4 rings (SSSR count). The second-order valence-electron chi connectivity index (χ2n) is 9.47. The molecule has 0 saturated heterocycles. The number of aliphatic carboxylic acids is 1. The standard InChI is InChI=1S/C25H26F3NO4/c1-5-29-20-11-15(13(2)8-19(20)24(3,4)12-22(29)30)17-9-14(16-10-18(16)23(31)32)6-7-21(17)33-25(26,27)28/h6-9,11,16,18H,5,10,12H2,1-4H3,(H,31,32)/t16-,18+/m1/s1. The van der Waals surface area contributed by atoms with Crippen molar-refractivity contribution < 1.29 is 32.6 Å². The molecule has 2 aromatic carbocycles. The third-order valence-corrected chi connectivity index (χ3v) is 6.63. The molecule has 1 fully saturated rings. The molecule has 1 N–H and O–H groups in total. The third-order valence-electron chi connectivity index (χ3n) is 6.63. The Morgan fingerprint density at radius 3 is 2.48 bits per heavy atom. The van der Waals surface area contributed by atoms with Crippen LogP contribution in [-0.2, 0) is 15.0 Å². The fourth-order valence-corrected chi connectivity index (χ4v) is 4.84. The highest BCUT2D eigenvalue weighted by Gasteiger charge is 2.45. The van der Waals surface area contributed by atoms with E-state index in [1.807, 2.05) is 33.8 Å². The number of carboxylic acid groups (broad SMARTS) is 1. The zero-order valence-electron chi connectivity index (χ0n) is 18.9. The Labute approximate surface area is 190 Å². The van der Waals surface area contributed by atoms with Crippen molar-refractivity contribution in [3.05, 3.63) is 47.0 Å². The first kappa shape index (κ1) is 23.1. The molecule has 1 amide bonds. The molecular weight excluding hydrogens is 435 g/mol. The van der Waals surface area contributed by atoms with Gasteiger partial charge >= 0.3 is 12.3 Å². The predicted octanol–water partition coefficient (Wildman–Crippen LogP) is 5.78. The highest BCUT2D eigenvalue weighted by atomic mass is 19.4. The number of carbonyl (C=O) groups excluding carboxylic acids is 1. The van der Waals surface area contributed by atoms with Gasteiger partial charge in [-0.05, 0) is 66.6 Å². The number of rotatable bonds is 5. The van der Waals surface area contributed by atoms with E-state index in [-0.39, 0.29) is 23.1 Å². The fourth-order valence-electron chi connectivity index (χ4n) is 4.84. The van der Waals surface area contributed by atoms with E-state index < -0.39 is 23.7 Å². The van der Waals surface area contributed by atoms with Gasteiger partial charge in [-0.2, -0.15) is 0 Å². The van der Waals surface area contributed by atoms with Gasteiger partial charge in [0.05, 0.1) is 5.92 Å². The highest BCUT2D eigenvalue weighted by Crippen LogP contribution is 2.50. The number of alkyl halides is 3. The Hall–Kier alpha value is -3.03. The summed E-state index contributed by atoms with van der Waals surface area (Å²) in [4.78, 5) is 25.7. The van der Waals surface area contributed by atoms with Crippen LogP contribution in [-0.4, -0.2) is 29.9 Å². The van der Waals surface area contributed by atoms with E-state index in [9.17, 15) is 27.9 Å². The Bertz CT molecular complexity index is 1140. The number of halogens is 3. The van der Waals surface area contributed by atoms with E-state index in [4.69, 9.17) is 0 Å². The molecule has 8 heteroatoms. The average molecular weight is 461 g/mol. The van der Waals surface area contributed by atoms with Crippen LogP contribution in [0.25, 0.3) is 11.1 Å². The quantitative estimate of drug-likeness (QED) is 0.613. The maximum Gasteiger partial charge on any atom is 0.573 e. The molecule has 0 radical (unpaired) electrons. The molecule has 2 aromatic rings. The Morgan fingerprint density at radius 1 is 1.21 bits per heavy atom. The summed E-state index contributed by atoms with van der Waals surface area (Å²) in [5.74, 6) is -2.09. The second-order valence-corrected chi connectivity index (χ2v) is 9.47. The number of carboxylic acids is 1. The molecule has 0 aromatic heterocycles. The highest BCUT2D eigenvalue weighted by molar-refractivity contribution is 5.99. The van der Waals surface area contributed by atoms with Gasteiger partial charge < -0.3 is 14.7 Å². The van der Waals surface area contributed by atoms with Crippen LogP contribution in [0.5, 0.6) is 5.75 Å². The van der Waals surface area contributed by atoms with E-state index >= 15 is 0 Å². The molecule has 2 atom stereocenters. The zero-order valence-corrected chi connectivity index (χ0v) is 18.9. The molecule has 176 valence electrons.